The Balaban J connectivity index is 1.45. The normalized spacial score (nSPS) is 14.1. The van der Waals surface area contributed by atoms with Gasteiger partial charge in [-0.15, -0.1) is 0 Å². The summed E-state index contributed by atoms with van der Waals surface area (Å²) in [4.78, 5) is 28.1. The minimum absolute atomic E-state index is 0.0770. The number of halogens is 3. The number of rotatable bonds is 5. The zero-order valence-corrected chi connectivity index (χ0v) is 16.7. The Labute approximate surface area is 170 Å². The molecule has 148 valence electrons. The second-order valence-corrected chi connectivity index (χ2v) is 7.30. The molecule has 28 heavy (non-hydrogen) atoms. The van der Waals surface area contributed by atoms with E-state index >= 15 is 0 Å². The van der Waals surface area contributed by atoms with Gasteiger partial charge in [-0.2, -0.15) is 0 Å². The Hall–Kier alpha value is -2.48. The number of hydrogen-bond acceptors (Lipinski definition) is 3. The Morgan fingerprint density at radius 3 is 2.46 bits per heavy atom. The number of amides is 2. The highest BCUT2D eigenvalue weighted by Crippen LogP contribution is 2.20. The van der Waals surface area contributed by atoms with Gasteiger partial charge in [0.1, 0.15) is 11.6 Å². The zero-order valence-electron chi connectivity index (χ0n) is 15.1. The lowest BCUT2D eigenvalue weighted by molar-refractivity contribution is -0.131. The number of hydrogen-bond donors (Lipinski definition) is 1. The van der Waals surface area contributed by atoms with Crippen LogP contribution in [0.25, 0.3) is 0 Å². The van der Waals surface area contributed by atoms with Gasteiger partial charge in [0.15, 0.2) is 0 Å². The Bertz CT molecular complexity index is 870. The smallest absolute Gasteiger partial charge is 0.252 e. The molecule has 1 aliphatic rings. The number of nitrogens with zero attached hydrogens (tertiary/aromatic N) is 2. The standard InChI is InChI=1S/C20H20BrF2N3O2/c21-16-6-5-14(22)13-15(16)20(28)24-8-7-19(27)26-11-9-25(10-12-26)18-4-2-1-3-17(18)23/h1-6,13H,7-12H2,(H,24,28). The van der Waals surface area contributed by atoms with Crippen LogP contribution in [0.15, 0.2) is 46.9 Å². The van der Waals surface area contributed by atoms with Crippen molar-refractivity contribution in [2.45, 2.75) is 6.42 Å². The number of piperazine rings is 1. The van der Waals surface area contributed by atoms with Gasteiger partial charge in [0.25, 0.3) is 5.91 Å². The lowest BCUT2D eigenvalue weighted by Gasteiger charge is -2.36. The molecule has 2 aromatic carbocycles. The second kappa shape index (κ2) is 9.14. The van der Waals surface area contributed by atoms with Crippen LogP contribution in [-0.4, -0.2) is 49.4 Å². The van der Waals surface area contributed by atoms with E-state index in [2.05, 4.69) is 21.2 Å². The highest BCUT2D eigenvalue weighted by Gasteiger charge is 2.22. The molecule has 3 rings (SSSR count). The quantitative estimate of drug-likeness (QED) is 0.759. The topological polar surface area (TPSA) is 52.7 Å². The molecule has 1 saturated heterocycles. The van der Waals surface area contributed by atoms with Crippen LogP contribution in [0.3, 0.4) is 0 Å². The van der Waals surface area contributed by atoms with Crippen LogP contribution in [0.5, 0.6) is 0 Å². The van der Waals surface area contributed by atoms with Gasteiger partial charge in [-0.05, 0) is 46.3 Å². The Morgan fingerprint density at radius 1 is 1.04 bits per heavy atom. The molecule has 0 saturated carbocycles. The van der Waals surface area contributed by atoms with Crippen molar-refractivity contribution < 1.29 is 18.4 Å². The van der Waals surface area contributed by atoms with Gasteiger partial charge in [-0.3, -0.25) is 9.59 Å². The summed E-state index contributed by atoms with van der Waals surface area (Å²) < 4.78 is 27.7. The third-order valence-electron chi connectivity index (χ3n) is 4.62. The van der Waals surface area contributed by atoms with Crippen LogP contribution in [0.2, 0.25) is 0 Å². The summed E-state index contributed by atoms with van der Waals surface area (Å²) in [6.07, 6.45) is 0.151. The fourth-order valence-corrected chi connectivity index (χ4v) is 3.54. The molecule has 0 aromatic heterocycles. The Morgan fingerprint density at radius 2 is 1.75 bits per heavy atom. The van der Waals surface area contributed by atoms with Crippen LogP contribution in [0.4, 0.5) is 14.5 Å². The van der Waals surface area contributed by atoms with Crippen LogP contribution in [-0.2, 0) is 4.79 Å². The predicted octanol–water partition coefficient (Wildman–Crippen LogP) is 3.20. The van der Waals surface area contributed by atoms with E-state index < -0.39 is 11.7 Å². The van der Waals surface area contributed by atoms with Crippen LogP contribution < -0.4 is 10.2 Å². The summed E-state index contributed by atoms with van der Waals surface area (Å²) in [5.41, 5.74) is 0.730. The van der Waals surface area contributed by atoms with Gasteiger partial charge >= 0.3 is 0 Å². The van der Waals surface area contributed by atoms with E-state index in [9.17, 15) is 18.4 Å². The molecule has 1 fully saturated rings. The van der Waals surface area contributed by atoms with E-state index in [0.29, 0.717) is 36.3 Å². The average Bonchev–Trinajstić information content (AvgIpc) is 2.70. The summed E-state index contributed by atoms with van der Waals surface area (Å²) in [5.74, 6) is -1.29. The van der Waals surface area contributed by atoms with Crippen molar-refractivity contribution in [2.75, 3.05) is 37.6 Å². The van der Waals surface area contributed by atoms with E-state index in [4.69, 9.17) is 0 Å². The maximum absolute atomic E-state index is 13.9. The van der Waals surface area contributed by atoms with E-state index in [-0.39, 0.29) is 30.3 Å². The third-order valence-corrected chi connectivity index (χ3v) is 5.31. The van der Waals surface area contributed by atoms with Gasteiger partial charge in [0.05, 0.1) is 11.3 Å². The fourth-order valence-electron chi connectivity index (χ4n) is 3.11. The molecule has 5 nitrogen and oxygen atoms in total. The summed E-state index contributed by atoms with van der Waals surface area (Å²) in [7, 11) is 0. The third kappa shape index (κ3) is 4.86. The molecule has 2 amide bonds. The Kier molecular flexibility index (Phi) is 6.61. The van der Waals surface area contributed by atoms with Crippen molar-refractivity contribution in [3.63, 3.8) is 0 Å². The molecule has 2 aromatic rings. The summed E-state index contributed by atoms with van der Waals surface area (Å²) >= 11 is 3.21. The first-order chi connectivity index (χ1) is 13.5. The van der Waals surface area contributed by atoms with Crippen molar-refractivity contribution >= 4 is 33.4 Å². The first kappa shape index (κ1) is 20.3. The lowest BCUT2D eigenvalue weighted by Crippen LogP contribution is -2.49. The molecule has 0 spiro atoms. The monoisotopic (exact) mass is 451 g/mol. The number of nitrogens with one attached hydrogen (secondary N) is 1. The molecule has 1 heterocycles. The highest BCUT2D eigenvalue weighted by molar-refractivity contribution is 9.10. The summed E-state index contributed by atoms with van der Waals surface area (Å²) in [6.45, 7) is 2.26. The van der Waals surface area contributed by atoms with E-state index in [1.807, 2.05) is 4.90 Å². The molecule has 0 aliphatic carbocycles. The molecular weight excluding hydrogens is 432 g/mol. The van der Waals surface area contributed by atoms with Crippen molar-refractivity contribution in [3.05, 3.63) is 64.1 Å². The molecule has 0 atom stereocenters. The predicted molar refractivity (Wildman–Crippen MR) is 106 cm³/mol. The minimum Gasteiger partial charge on any atom is -0.366 e. The van der Waals surface area contributed by atoms with Gasteiger partial charge in [0.2, 0.25) is 5.91 Å². The maximum Gasteiger partial charge on any atom is 0.252 e. The number of carbonyl (C=O) groups excluding carboxylic acids is 2. The number of para-hydroxylation sites is 1. The van der Waals surface area contributed by atoms with Gasteiger partial charge in [0, 0.05) is 43.6 Å². The number of benzene rings is 2. The van der Waals surface area contributed by atoms with Crippen molar-refractivity contribution in [1.82, 2.24) is 10.2 Å². The maximum atomic E-state index is 13.9. The van der Waals surface area contributed by atoms with Crippen LogP contribution >= 0.6 is 15.9 Å². The van der Waals surface area contributed by atoms with Crippen molar-refractivity contribution in [1.29, 1.82) is 0 Å². The number of anilines is 1. The van der Waals surface area contributed by atoms with Crippen molar-refractivity contribution in [2.24, 2.45) is 0 Å². The van der Waals surface area contributed by atoms with E-state index in [1.165, 1.54) is 18.2 Å². The van der Waals surface area contributed by atoms with Crippen LogP contribution in [0, 0.1) is 11.6 Å². The second-order valence-electron chi connectivity index (χ2n) is 6.45. The molecule has 0 unspecified atom stereocenters. The van der Waals surface area contributed by atoms with E-state index in [0.717, 1.165) is 6.07 Å². The molecule has 1 aliphatic heterocycles. The number of carbonyl (C=O) groups is 2. The zero-order chi connectivity index (χ0) is 20.1. The van der Waals surface area contributed by atoms with Gasteiger partial charge in [-0.1, -0.05) is 12.1 Å². The minimum atomic E-state index is -0.503. The SMILES string of the molecule is O=C(NCCC(=O)N1CCN(c2ccccc2F)CC1)c1cc(F)ccc1Br. The molecule has 0 bridgehead atoms. The average molecular weight is 452 g/mol. The molecular formula is C20H20BrF2N3O2. The lowest BCUT2D eigenvalue weighted by atomic mass is 10.2. The van der Waals surface area contributed by atoms with Gasteiger partial charge < -0.3 is 15.1 Å². The summed E-state index contributed by atoms with van der Waals surface area (Å²) in [5, 5.41) is 2.64. The van der Waals surface area contributed by atoms with Gasteiger partial charge in [-0.25, -0.2) is 8.78 Å². The molecule has 8 heteroatoms. The first-order valence-electron chi connectivity index (χ1n) is 8.96. The van der Waals surface area contributed by atoms with Crippen LogP contribution in [0.1, 0.15) is 16.8 Å². The fraction of sp³-hybridized carbons (Fsp3) is 0.300. The summed E-state index contributed by atoms with van der Waals surface area (Å²) in [6, 6.07) is 10.4. The first-order valence-corrected chi connectivity index (χ1v) is 9.75. The van der Waals surface area contributed by atoms with E-state index in [1.54, 1.807) is 23.1 Å². The molecule has 0 radical (unpaired) electrons. The molecule has 1 N–H and O–H groups in total. The largest absolute Gasteiger partial charge is 0.366 e. The highest BCUT2D eigenvalue weighted by atomic mass is 79.9. The van der Waals surface area contributed by atoms with Crippen molar-refractivity contribution in [3.8, 4) is 0 Å².